The van der Waals surface area contributed by atoms with Gasteiger partial charge in [-0.25, -0.2) is 4.79 Å². The third-order valence-corrected chi connectivity index (χ3v) is 6.12. The van der Waals surface area contributed by atoms with Gasteiger partial charge >= 0.3 is 6.09 Å². The SMILES string of the molecule is O=C(O)N(c1cc(Br)ccc1-c1ccccc1)C12CCN(CC1)CC2. The number of carbonyl (C=O) groups is 1. The van der Waals surface area contributed by atoms with Gasteiger partial charge in [0.15, 0.2) is 0 Å². The molecule has 2 aromatic carbocycles. The second-order valence-electron chi connectivity index (χ2n) is 6.96. The molecule has 1 N–H and O–H groups in total. The van der Waals surface area contributed by atoms with Crippen LogP contribution in [-0.2, 0) is 0 Å². The average molecular weight is 401 g/mol. The summed E-state index contributed by atoms with van der Waals surface area (Å²) in [5.41, 5.74) is 2.50. The molecule has 2 bridgehead atoms. The zero-order valence-electron chi connectivity index (χ0n) is 14.0. The van der Waals surface area contributed by atoms with Crippen molar-refractivity contribution in [3.05, 3.63) is 53.0 Å². The lowest BCUT2D eigenvalue weighted by atomic mass is 9.78. The minimum Gasteiger partial charge on any atom is -0.465 e. The normalized spacial score (nSPS) is 24.9. The van der Waals surface area contributed by atoms with Gasteiger partial charge in [0.25, 0.3) is 0 Å². The van der Waals surface area contributed by atoms with Gasteiger partial charge in [-0.1, -0.05) is 52.3 Å². The monoisotopic (exact) mass is 400 g/mol. The number of carboxylic acid groups (broad SMARTS) is 1. The van der Waals surface area contributed by atoms with E-state index in [1.54, 1.807) is 4.90 Å². The molecule has 2 aromatic rings. The fraction of sp³-hybridized carbons (Fsp3) is 0.350. The third kappa shape index (κ3) is 2.96. The number of hydrogen-bond donors (Lipinski definition) is 1. The molecule has 0 unspecified atom stereocenters. The maximum absolute atomic E-state index is 12.4. The van der Waals surface area contributed by atoms with Crippen molar-refractivity contribution in [3.8, 4) is 11.1 Å². The zero-order chi connectivity index (χ0) is 17.4. The van der Waals surface area contributed by atoms with Crippen LogP contribution < -0.4 is 4.90 Å². The number of rotatable bonds is 3. The molecule has 3 heterocycles. The Bertz CT molecular complexity index is 772. The van der Waals surface area contributed by atoms with Gasteiger partial charge in [0.2, 0.25) is 0 Å². The highest BCUT2D eigenvalue weighted by Crippen LogP contribution is 2.44. The molecule has 0 aliphatic carbocycles. The largest absolute Gasteiger partial charge is 0.465 e. The summed E-state index contributed by atoms with van der Waals surface area (Å²) in [4.78, 5) is 16.5. The van der Waals surface area contributed by atoms with E-state index < -0.39 is 6.09 Å². The molecule has 5 heteroatoms. The van der Waals surface area contributed by atoms with Crippen molar-refractivity contribution in [3.63, 3.8) is 0 Å². The highest BCUT2D eigenvalue weighted by Gasteiger charge is 2.47. The van der Waals surface area contributed by atoms with E-state index in [0.29, 0.717) is 0 Å². The fourth-order valence-electron chi connectivity index (χ4n) is 4.26. The van der Waals surface area contributed by atoms with E-state index in [2.05, 4.69) is 20.8 Å². The number of halogens is 1. The van der Waals surface area contributed by atoms with Gasteiger partial charge in [0.05, 0.1) is 11.2 Å². The van der Waals surface area contributed by atoms with Crippen LogP contribution in [0.15, 0.2) is 53.0 Å². The zero-order valence-corrected chi connectivity index (χ0v) is 15.6. The number of nitrogens with zero attached hydrogens (tertiary/aromatic N) is 2. The van der Waals surface area contributed by atoms with Gasteiger partial charge in [-0.15, -0.1) is 0 Å². The molecule has 4 nitrogen and oxygen atoms in total. The van der Waals surface area contributed by atoms with E-state index in [9.17, 15) is 9.90 Å². The van der Waals surface area contributed by atoms with Crippen LogP contribution >= 0.6 is 15.9 Å². The Morgan fingerprint density at radius 1 is 1.04 bits per heavy atom. The number of piperidine rings is 3. The first kappa shape index (κ1) is 16.6. The lowest BCUT2D eigenvalue weighted by Gasteiger charge is -2.53. The molecular weight excluding hydrogens is 380 g/mol. The topological polar surface area (TPSA) is 43.8 Å². The van der Waals surface area contributed by atoms with E-state index in [1.165, 1.54) is 0 Å². The summed E-state index contributed by atoms with van der Waals surface area (Å²) in [6.45, 7) is 2.95. The minimum atomic E-state index is -0.856. The van der Waals surface area contributed by atoms with Crippen LogP contribution in [0.5, 0.6) is 0 Å². The van der Waals surface area contributed by atoms with Crippen molar-refractivity contribution in [2.24, 2.45) is 0 Å². The van der Waals surface area contributed by atoms with Crippen molar-refractivity contribution in [1.82, 2.24) is 4.90 Å². The molecule has 0 saturated carbocycles. The van der Waals surface area contributed by atoms with Crippen LogP contribution in [0.3, 0.4) is 0 Å². The summed E-state index contributed by atoms with van der Waals surface area (Å²) in [5.74, 6) is 0. The Kier molecular flexibility index (Phi) is 4.29. The van der Waals surface area contributed by atoms with Crippen molar-refractivity contribution in [1.29, 1.82) is 0 Å². The van der Waals surface area contributed by atoms with E-state index in [0.717, 1.165) is 60.2 Å². The first-order valence-corrected chi connectivity index (χ1v) is 9.49. The number of anilines is 1. The van der Waals surface area contributed by atoms with Crippen LogP contribution in [0.4, 0.5) is 10.5 Å². The second kappa shape index (κ2) is 6.46. The average Bonchev–Trinajstić information content (AvgIpc) is 2.64. The summed E-state index contributed by atoms with van der Waals surface area (Å²) in [5, 5.41) is 10.2. The smallest absolute Gasteiger partial charge is 0.412 e. The Morgan fingerprint density at radius 3 is 2.28 bits per heavy atom. The summed E-state index contributed by atoms with van der Waals surface area (Å²) in [6, 6.07) is 16.0. The molecule has 3 aliphatic heterocycles. The molecule has 3 fully saturated rings. The van der Waals surface area contributed by atoms with Crippen LogP contribution in [0, 0.1) is 0 Å². The molecule has 0 spiro atoms. The summed E-state index contributed by atoms with van der Waals surface area (Å²) in [6.07, 6.45) is 1.85. The molecule has 0 atom stereocenters. The Morgan fingerprint density at radius 2 is 1.68 bits per heavy atom. The first-order valence-electron chi connectivity index (χ1n) is 8.70. The highest BCUT2D eigenvalue weighted by atomic mass is 79.9. The maximum Gasteiger partial charge on any atom is 0.412 e. The molecule has 5 rings (SSSR count). The molecule has 3 aliphatic rings. The standard InChI is InChI=1S/C20H21BrN2O2/c21-16-6-7-17(15-4-2-1-3-5-15)18(14-16)23(19(24)25)20-8-11-22(12-9-20)13-10-20/h1-7,14H,8-13H2,(H,24,25). The van der Waals surface area contributed by atoms with Gasteiger partial charge in [0.1, 0.15) is 0 Å². The van der Waals surface area contributed by atoms with Gasteiger partial charge < -0.3 is 10.0 Å². The Balaban J connectivity index is 1.85. The summed E-state index contributed by atoms with van der Waals surface area (Å²) >= 11 is 3.53. The maximum atomic E-state index is 12.4. The van der Waals surface area contributed by atoms with Crippen molar-refractivity contribution in [2.45, 2.75) is 24.8 Å². The van der Waals surface area contributed by atoms with Gasteiger partial charge in [-0.2, -0.15) is 0 Å². The number of benzene rings is 2. The minimum absolute atomic E-state index is 0.287. The van der Waals surface area contributed by atoms with Gasteiger partial charge in [0, 0.05) is 29.7 Å². The van der Waals surface area contributed by atoms with Crippen molar-refractivity contribution in [2.75, 3.05) is 24.5 Å². The van der Waals surface area contributed by atoms with Gasteiger partial charge in [-0.05, 0) is 37.0 Å². The van der Waals surface area contributed by atoms with E-state index in [1.807, 2.05) is 48.5 Å². The lowest BCUT2D eigenvalue weighted by molar-refractivity contribution is 0.0783. The summed E-state index contributed by atoms with van der Waals surface area (Å²) in [7, 11) is 0. The number of hydrogen-bond acceptors (Lipinski definition) is 2. The first-order chi connectivity index (χ1) is 12.1. The number of amides is 1. The predicted octanol–water partition coefficient (Wildman–Crippen LogP) is 4.84. The molecule has 25 heavy (non-hydrogen) atoms. The second-order valence-corrected chi connectivity index (χ2v) is 7.88. The van der Waals surface area contributed by atoms with Gasteiger partial charge in [-0.3, -0.25) is 4.90 Å². The van der Waals surface area contributed by atoms with E-state index in [-0.39, 0.29) is 5.54 Å². The number of fused-ring (bicyclic) bond motifs is 3. The fourth-order valence-corrected chi connectivity index (χ4v) is 4.61. The molecule has 0 radical (unpaired) electrons. The highest BCUT2D eigenvalue weighted by molar-refractivity contribution is 9.10. The third-order valence-electron chi connectivity index (χ3n) is 5.63. The summed E-state index contributed by atoms with van der Waals surface area (Å²) < 4.78 is 0.901. The lowest BCUT2D eigenvalue weighted by Crippen LogP contribution is -2.62. The van der Waals surface area contributed by atoms with E-state index >= 15 is 0 Å². The molecular formula is C20H21BrN2O2. The predicted molar refractivity (Wildman–Crippen MR) is 103 cm³/mol. The molecule has 0 aromatic heterocycles. The quantitative estimate of drug-likeness (QED) is 0.801. The van der Waals surface area contributed by atoms with Crippen molar-refractivity contribution >= 4 is 27.7 Å². The Labute approximate surface area is 156 Å². The van der Waals surface area contributed by atoms with E-state index in [4.69, 9.17) is 0 Å². The molecule has 130 valence electrons. The molecule has 1 amide bonds. The Hall–Kier alpha value is -1.85. The van der Waals surface area contributed by atoms with Crippen LogP contribution in [0.25, 0.3) is 11.1 Å². The van der Waals surface area contributed by atoms with Crippen LogP contribution in [0.2, 0.25) is 0 Å². The van der Waals surface area contributed by atoms with Crippen molar-refractivity contribution < 1.29 is 9.90 Å². The van der Waals surface area contributed by atoms with Crippen LogP contribution in [-0.4, -0.2) is 41.3 Å². The van der Waals surface area contributed by atoms with Crippen LogP contribution in [0.1, 0.15) is 19.3 Å². The molecule has 3 saturated heterocycles.